The molecule has 0 saturated carbocycles. The number of aromatic nitrogens is 2. The summed E-state index contributed by atoms with van der Waals surface area (Å²) >= 11 is 5.74. The van der Waals surface area contributed by atoms with Crippen LogP contribution in [0.3, 0.4) is 0 Å². The third-order valence-corrected chi connectivity index (χ3v) is 1.93. The van der Waals surface area contributed by atoms with Gasteiger partial charge in [0.25, 0.3) is 0 Å². The van der Waals surface area contributed by atoms with Gasteiger partial charge < -0.3 is 4.42 Å². The van der Waals surface area contributed by atoms with Crippen molar-refractivity contribution in [1.29, 1.82) is 5.26 Å². The molecule has 1 heterocycles. The zero-order valence-electron chi connectivity index (χ0n) is 6.94. The van der Waals surface area contributed by atoms with Gasteiger partial charge in [0.05, 0.1) is 11.1 Å². The standard InChI is InChI=1S/C9H4ClN3O/c10-7-1-2-8(6(3-7)4-11)9-13-12-5-14-9/h1-3,5H. The summed E-state index contributed by atoms with van der Waals surface area (Å²) in [6, 6.07) is 6.91. The van der Waals surface area contributed by atoms with E-state index < -0.39 is 0 Å². The number of hydrogen-bond acceptors (Lipinski definition) is 4. The first-order valence-electron chi connectivity index (χ1n) is 3.77. The summed E-state index contributed by atoms with van der Waals surface area (Å²) < 4.78 is 4.99. The number of nitriles is 1. The van der Waals surface area contributed by atoms with E-state index in [1.165, 1.54) is 6.39 Å². The summed E-state index contributed by atoms with van der Waals surface area (Å²) in [5.74, 6) is 0.318. The van der Waals surface area contributed by atoms with E-state index in [0.717, 1.165) is 0 Å². The molecule has 0 aliphatic heterocycles. The summed E-state index contributed by atoms with van der Waals surface area (Å²) in [4.78, 5) is 0. The second-order valence-electron chi connectivity index (χ2n) is 2.55. The Morgan fingerprint density at radius 1 is 1.43 bits per heavy atom. The van der Waals surface area contributed by atoms with Gasteiger partial charge in [-0.05, 0) is 18.2 Å². The Labute approximate surface area is 84.8 Å². The quantitative estimate of drug-likeness (QED) is 0.717. The molecule has 1 aromatic carbocycles. The molecule has 0 N–H and O–H groups in total. The highest BCUT2D eigenvalue weighted by Crippen LogP contribution is 2.23. The van der Waals surface area contributed by atoms with Crippen molar-refractivity contribution in [3.8, 4) is 17.5 Å². The maximum atomic E-state index is 8.84. The fourth-order valence-corrected chi connectivity index (χ4v) is 1.26. The van der Waals surface area contributed by atoms with Gasteiger partial charge in [-0.1, -0.05) is 11.6 Å². The van der Waals surface area contributed by atoms with Crippen LogP contribution < -0.4 is 0 Å². The number of nitrogens with zero attached hydrogens (tertiary/aromatic N) is 3. The van der Waals surface area contributed by atoms with E-state index in [-0.39, 0.29) is 0 Å². The van der Waals surface area contributed by atoms with Crippen LogP contribution in [-0.4, -0.2) is 10.2 Å². The molecule has 0 unspecified atom stereocenters. The summed E-state index contributed by atoms with van der Waals surface area (Å²) in [6.45, 7) is 0. The highest BCUT2D eigenvalue weighted by Gasteiger charge is 2.09. The molecule has 0 radical (unpaired) electrons. The Hall–Kier alpha value is -1.86. The SMILES string of the molecule is N#Cc1cc(Cl)ccc1-c1nnco1. The molecule has 0 aliphatic carbocycles. The number of hydrogen-bond donors (Lipinski definition) is 0. The van der Waals surface area contributed by atoms with Gasteiger partial charge in [-0.3, -0.25) is 0 Å². The second-order valence-corrected chi connectivity index (χ2v) is 2.98. The Bertz CT molecular complexity index is 487. The van der Waals surface area contributed by atoms with Gasteiger partial charge in [-0.2, -0.15) is 5.26 Å². The largest absolute Gasteiger partial charge is 0.423 e. The molecular weight excluding hydrogens is 202 g/mol. The van der Waals surface area contributed by atoms with Crippen molar-refractivity contribution in [3.63, 3.8) is 0 Å². The number of halogens is 1. The lowest BCUT2D eigenvalue weighted by Gasteiger charge is -1.97. The number of rotatable bonds is 1. The average molecular weight is 206 g/mol. The molecular formula is C9H4ClN3O. The second kappa shape index (κ2) is 3.48. The van der Waals surface area contributed by atoms with Crippen LogP contribution in [0, 0.1) is 11.3 Å². The molecule has 0 bridgehead atoms. The fraction of sp³-hybridized carbons (Fsp3) is 0. The van der Waals surface area contributed by atoms with Crippen molar-refractivity contribution in [2.45, 2.75) is 0 Å². The van der Waals surface area contributed by atoms with Crippen molar-refractivity contribution in [2.75, 3.05) is 0 Å². The van der Waals surface area contributed by atoms with Crippen molar-refractivity contribution in [3.05, 3.63) is 35.2 Å². The Kier molecular flexibility index (Phi) is 2.17. The van der Waals surface area contributed by atoms with E-state index in [1.807, 2.05) is 6.07 Å². The van der Waals surface area contributed by atoms with Crippen molar-refractivity contribution < 1.29 is 4.42 Å². The van der Waals surface area contributed by atoms with Crippen LogP contribution in [0.25, 0.3) is 11.5 Å². The molecule has 0 aliphatic rings. The lowest BCUT2D eigenvalue weighted by molar-refractivity contribution is 0.568. The van der Waals surface area contributed by atoms with E-state index in [2.05, 4.69) is 10.2 Å². The molecule has 68 valence electrons. The van der Waals surface area contributed by atoms with Gasteiger partial charge in [0.2, 0.25) is 12.3 Å². The van der Waals surface area contributed by atoms with E-state index in [4.69, 9.17) is 21.3 Å². The molecule has 14 heavy (non-hydrogen) atoms. The minimum Gasteiger partial charge on any atom is -0.423 e. The van der Waals surface area contributed by atoms with E-state index in [0.29, 0.717) is 22.0 Å². The lowest BCUT2D eigenvalue weighted by Crippen LogP contribution is -1.84. The highest BCUT2D eigenvalue weighted by atomic mass is 35.5. The third kappa shape index (κ3) is 1.45. The summed E-state index contributed by atoms with van der Waals surface area (Å²) in [5, 5.41) is 16.6. The van der Waals surface area contributed by atoms with E-state index in [9.17, 15) is 0 Å². The van der Waals surface area contributed by atoms with Gasteiger partial charge in [-0.25, -0.2) is 0 Å². The molecule has 0 amide bonds. The summed E-state index contributed by atoms with van der Waals surface area (Å²) in [7, 11) is 0. The molecule has 2 aromatic rings. The van der Waals surface area contributed by atoms with Crippen LogP contribution in [0.4, 0.5) is 0 Å². The Morgan fingerprint density at radius 2 is 2.29 bits per heavy atom. The molecule has 2 rings (SSSR count). The topological polar surface area (TPSA) is 62.7 Å². The zero-order chi connectivity index (χ0) is 9.97. The first kappa shape index (κ1) is 8.73. The molecule has 5 heteroatoms. The van der Waals surface area contributed by atoms with Gasteiger partial charge in [0.15, 0.2) is 0 Å². The van der Waals surface area contributed by atoms with Crippen LogP contribution in [0.1, 0.15) is 5.56 Å². The van der Waals surface area contributed by atoms with Gasteiger partial charge in [0.1, 0.15) is 6.07 Å². The van der Waals surface area contributed by atoms with E-state index in [1.54, 1.807) is 18.2 Å². The molecule has 0 fully saturated rings. The minimum atomic E-state index is 0.318. The van der Waals surface area contributed by atoms with Gasteiger partial charge >= 0.3 is 0 Å². The molecule has 0 saturated heterocycles. The summed E-state index contributed by atoms with van der Waals surface area (Å²) in [5.41, 5.74) is 1.01. The highest BCUT2D eigenvalue weighted by molar-refractivity contribution is 6.30. The van der Waals surface area contributed by atoms with E-state index >= 15 is 0 Å². The Balaban J connectivity index is 2.60. The third-order valence-electron chi connectivity index (χ3n) is 1.69. The predicted molar refractivity (Wildman–Crippen MR) is 49.5 cm³/mol. The molecule has 0 atom stereocenters. The van der Waals surface area contributed by atoms with Crippen molar-refractivity contribution in [2.24, 2.45) is 0 Å². The number of benzene rings is 1. The van der Waals surface area contributed by atoms with Crippen LogP contribution >= 0.6 is 11.6 Å². The van der Waals surface area contributed by atoms with Gasteiger partial charge in [0, 0.05) is 5.02 Å². The monoisotopic (exact) mass is 205 g/mol. The maximum absolute atomic E-state index is 8.84. The first-order chi connectivity index (χ1) is 6.81. The lowest BCUT2D eigenvalue weighted by atomic mass is 10.1. The molecule has 0 spiro atoms. The average Bonchev–Trinajstić information content (AvgIpc) is 2.70. The smallest absolute Gasteiger partial charge is 0.248 e. The predicted octanol–water partition coefficient (Wildman–Crippen LogP) is 2.26. The van der Waals surface area contributed by atoms with Crippen LogP contribution in [0.2, 0.25) is 5.02 Å². The summed E-state index contributed by atoms with van der Waals surface area (Å²) in [6.07, 6.45) is 1.21. The van der Waals surface area contributed by atoms with Crippen molar-refractivity contribution >= 4 is 11.6 Å². The van der Waals surface area contributed by atoms with Crippen LogP contribution in [0.5, 0.6) is 0 Å². The van der Waals surface area contributed by atoms with Crippen molar-refractivity contribution in [1.82, 2.24) is 10.2 Å². The fourth-order valence-electron chi connectivity index (χ4n) is 1.09. The normalized spacial score (nSPS) is 9.71. The minimum absolute atomic E-state index is 0.318. The molecule has 1 aromatic heterocycles. The Morgan fingerprint density at radius 3 is 2.93 bits per heavy atom. The van der Waals surface area contributed by atoms with Crippen LogP contribution in [0.15, 0.2) is 29.0 Å². The first-order valence-corrected chi connectivity index (χ1v) is 4.15. The zero-order valence-corrected chi connectivity index (χ0v) is 7.69. The maximum Gasteiger partial charge on any atom is 0.248 e. The molecule has 4 nitrogen and oxygen atoms in total. The van der Waals surface area contributed by atoms with Crippen LogP contribution in [-0.2, 0) is 0 Å². The van der Waals surface area contributed by atoms with Gasteiger partial charge in [-0.15, -0.1) is 10.2 Å².